The number of amides is 1. The lowest BCUT2D eigenvalue weighted by Gasteiger charge is -2.09. The van der Waals surface area contributed by atoms with Gasteiger partial charge in [-0.3, -0.25) is 4.79 Å². The van der Waals surface area contributed by atoms with Gasteiger partial charge in [-0.15, -0.1) is 11.8 Å². The Morgan fingerprint density at radius 3 is 2.71 bits per heavy atom. The van der Waals surface area contributed by atoms with Crippen LogP contribution >= 0.6 is 23.1 Å². The van der Waals surface area contributed by atoms with Crippen LogP contribution in [0.15, 0.2) is 29.3 Å². The van der Waals surface area contributed by atoms with E-state index in [0.29, 0.717) is 27.9 Å². The van der Waals surface area contributed by atoms with Crippen molar-refractivity contribution in [1.82, 2.24) is 9.97 Å². The number of carbonyl (C=O) groups is 2. The summed E-state index contributed by atoms with van der Waals surface area (Å²) in [7, 11) is 1.63. The molecule has 0 aliphatic heterocycles. The number of hydrogen-bond acceptors (Lipinski definition) is 8. The van der Waals surface area contributed by atoms with E-state index in [-0.39, 0.29) is 12.0 Å². The minimum atomic E-state index is -0.422. The Morgan fingerprint density at radius 2 is 2.00 bits per heavy atom. The van der Waals surface area contributed by atoms with E-state index in [2.05, 4.69) is 10.3 Å². The van der Waals surface area contributed by atoms with E-state index < -0.39 is 5.97 Å². The van der Waals surface area contributed by atoms with Crippen molar-refractivity contribution in [2.24, 2.45) is 0 Å². The van der Waals surface area contributed by atoms with E-state index in [4.69, 9.17) is 14.5 Å². The first-order valence-electron chi connectivity index (χ1n) is 9.84. The summed E-state index contributed by atoms with van der Waals surface area (Å²) in [4.78, 5) is 33.8. The molecule has 0 spiro atoms. The number of hydrogen-bond donors (Lipinski definition) is 1. The van der Waals surface area contributed by atoms with Gasteiger partial charge in [-0.25, -0.2) is 14.8 Å². The number of aryl methyl sites for hydroxylation is 2. The van der Waals surface area contributed by atoms with Gasteiger partial charge in [-0.1, -0.05) is 23.5 Å². The molecule has 2 heterocycles. The minimum absolute atomic E-state index is 0.167. The van der Waals surface area contributed by atoms with Crippen LogP contribution in [-0.4, -0.2) is 40.8 Å². The Kier molecular flexibility index (Phi) is 7.50. The number of fused-ring (bicyclic) bond motifs is 1. The number of thioether (sulfide) groups is 1. The van der Waals surface area contributed by atoms with Gasteiger partial charge in [0.05, 0.1) is 23.9 Å². The normalized spacial score (nSPS) is 11.0. The summed E-state index contributed by atoms with van der Waals surface area (Å²) in [6.07, 6.45) is 0.0797. The average Bonchev–Trinajstić information content (AvgIpc) is 3.07. The number of aromatic nitrogens is 2. The highest BCUT2D eigenvalue weighted by Crippen LogP contribution is 2.30. The van der Waals surface area contributed by atoms with Crippen molar-refractivity contribution in [2.75, 3.05) is 18.2 Å². The zero-order valence-corrected chi connectivity index (χ0v) is 19.8. The molecule has 164 valence electrons. The SMILES string of the molecule is COc1cccc2c(C)cc(SCCC(=O)Nc3nc(C)c(C(=O)OC(C)C)s3)nc12. The molecule has 0 aliphatic carbocycles. The van der Waals surface area contributed by atoms with Crippen LogP contribution in [0, 0.1) is 13.8 Å². The molecule has 1 amide bonds. The number of rotatable bonds is 8. The van der Waals surface area contributed by atoms with E-state index in [0.717, 1.165) is 38.6 Å². The summed E-state index contributed by atoms with van der Waals surface area (Å²) < 4.78 is 10.6. The molecule has 0 saturated carbocycles. The highest BCUT2D eigenvalue weighted by molar-refractivity contribution is 7.99. The van der Waals surface area contributed by atoms with Gasteiger partial charge in [0.2, 0.25) is 5.91 Å². The van der Waals surface area contributed by atoms with Gasteiger partial charge >= 0.3 is 5.97 Å². The lowest BCUT2D eigenvalue weighted by molar-refractivity contribution is -0.115. The molecule has 0 atom stereocenters. The van der Waals surface area contributed by atoms with Crippen molar-refractivity contribution in [1.29, 1.82) is 0 Å². The second-order valence-corrected chi connectivity index (χ2v) is 9.28. The Bertz CT molecular complexity index is 1110. The fourth-order valence-electron chi connectivity index (χ4n) is 2.94. The molecule has 0 aliphatic rings. The van der Waals surface area contributed by atoms with E-state index in [1.165, 1.54) is 11.8 Å². The maximum absolute atomic E-state index is 12.3. The molecular formula is C22H25N3O4S2. The van der Waals surface area contributed by atoms with Crippen molar-refractivity contribution < 1.29 is 19.1 Å². The molecule has 3 aromatic rings. The number of nitrogens with zero attached hydrogens (tertiary/aromatic N) is 2. The third kappa shape index (κ3) is 5.74. The van der Waals surface area contributed by atoms with Crippen LogP contribution in [0.3, 0.4) is 0 Å². The van der Waals surface area contributed by atoms with Gasteiger partial charge in [0, 0.05) is 17.6 Å². The van der Waals surface area contributed by atoms with Crippen molar-refractivity contribution >= 4 is 51.0 Å². The molecule has 0 fully saturated rings. The molecule has 31 heavy (non-hydrogen) atoms. The first kappa shape index (κ1) is 23.0. The van der Waals surface area contributed by atoms with Crippen LogP contribution in [0.1, 0.15) is 41.2 Å². The van der Waals surface area contributed by atoms with Crippen LogP contribution in [0.5, 0.6) is 5.75 Å². The quantitative estimate of drug-likeness (QED) is 0.374. The van der Waals surface area contributed by atoms with E-state index >= 15 is 0 Å². The highest BCUT2D eigenvalue weighted by Gasteiger charge is 2.19. The Morgan fingerprint density at radius 1 is 1.23 bits per heavy atom. The Balaban J connectivity index is 1.59. The Labute approximate surface area is 189 Å². The number of ether oxygens (including phenoxy) is 2. The molecule has 7 nitrogen and oxygen atoms in total. The maximum Gasteiger partial charge on any atom is 0.350 e. The number of carbonyl (C=O) groups excluding carboxylic acids is 2. The zero-order chi connectivity index (χ0) is 22.5. The highest BCUT2D eigenvalue weighted by atomic mass is 32.2. The predicted molar refractivity (Wildman–Crippen MR) is 124 cm³/mol. The lowest BCUT2D eigenvalue weighted by atomic mass is 10.1. The molecule has 0 bridgehead atoms. The van der Waals surface area contributed by atoms with Crippen LogP contribution in [0.4, 0.5) is 5.13 Å². The molecule has 3 rings (SSSR count). The number of para-hydroxylation sites is 1. The topological polar surface area (TPSA) is 90.4 Å². The van der Waals surface area contributed by atoms with Gasteiger partial charge in [0.1, 0.15) is 16.1 Å². The van der Waals surface area contributed by atoms with Crippen molar-refractivity contribution in [3.8, 4) is 5.75 Å². The summed E-state index contributed by atoms with van der Waals surface area (Å²) in [6.45, 7) is 7.33. The van der Waals surface area contributed by atoms with E-state index in [1.54, 1.807) is 27.9 Å². The number of methoxy groups -OCH3 is 1. The fraction of sp³-hybridized carbons (Fsp3) is 0.364. The molecule has 1 aromatic carbocycles. The first-order valence-corrected chi connectivity index (χ1v) is 11.6. The summed E-state index contributed by atoms with van der Waals surface area (Å²) in [6, 6.07) is 7.86. The average molecular weight is 460 g/mol. The van der Waals surface area contributed by atoms with Crippen molar-refractivity contribution in [2.45, 2.75) is 45.2 Å². The van der Waals surface area contributed by atoms with Gasteiger partial charge in [0.25, 0.3) is 0 Å². The maximum atomic E-state index is 12.3. The van der Waals surface area contributed by atoms with E-state index in [9.17, 15) is 9.59 Å². The molecule has 0 radical (unpaired) electrons. The van der Waals surface area contributed by atoms with Crippen LogP contribution in [0.25, 0.3) is 10.9 Å². The second-order valence-electron chi connectivity index (χ2n) is 7.17. The number of esters is 1. The smallest absolute Gasteiger partial charge is 0.350 e. The third-order valence-corrected chi connectivity index (χ3v) is 6.32. The fourth-order valence-corrected chi connectivity index (χ4v) is 4.72. The molecule has 9 heteroatoms. The molecular weight excluding hydrogens is 434 g/mol. The molecule has 1 N–H and O–H groups in total. The second kappa shape index (κ2) is 10.1. The first-order chi connectivity index (χ1) is 14.8. The third-order valence-electron chi connectivity index (χ3n) is 4.36. The van der Waals surface area contributed by atoms with Gasteiger partial charge < -0.3 is 14.8 Å². The monoisotopic (exact) mass is 459 g/mol. The van der Waals surface area contributed by atoms with Gasteiger partial charge in [-0.2, -0.15) is 0 Å². The molecule has 2 aromatic heterocycles. The number of thiazole rings is 1. The van der Waals surface area contributed by atoms with Crippen molar-refractivity contribution in [3.05, 3.63) is 40.4 Å². The summed E-state index contributed by atoms with van der Waals surface area (Å²) >= 11 is 2.63. The summed E-state index contributed by atoms with van der Waals surface area (Å²) in [5.41, 5.74) is 2.47. The summed E-state index contributed by atoms with van der Waals surface area (Å²) in [5, 5.41) is 5.05. The number of nitrogens with one attached hydrogen (secondary N) is 1. The Hall–Kier alpha value is -2.65. The number of anilines is 1. The van der Waals surface area contributed by atoms with Gasteiger partial charge in [0.15, 0.2) is 5.13 Å². The largest absolute Gasteiger partial charge is 0.494 e. The lowest BCUT2D eigenvalue weighted by Crippen LogP contribution is -2.12. The van der Waals surface area contributed by atoms with Crippen LogP contribution in [0.2, 0.25) is 0 Å². The molecule has 0 saturated heterocycles. The van der Waals surface area contributed by atoms with Crippen molar-refractivity contribution in [3.63, 3.8) is 0 Å². The summed E-state index contributed by atoms with van der Waals surface area (Å²) in [5.74, 6) is 0.701. The zero-order valence-electron chi connectivity index (χ0n) is 18.1. The molecule has 0 unspecified atom stereocenters. The predicted octanol–water partition coefficient (Wildman–Crippen LogP) is 5.00. The van der Waals surface area contributed by atoms with E-state index in [1.807, 2.05) is 31.2 Å². The standard InChI is InChI=1S/C22H25N3O4S2/c1-12(2)29-21(27)20-14(4)23-22(31-20)24-17(26)9-10-30-18-11-13(3)15-7-6-8-16(28-5)19(15)25-18/h6-8,11-12H,9-10H2,1-5H3,(H,23,24,26). The van der Waals surface area contributed by atoms with Gasteiger partial charge in [-0.05, 0) is 45.4 Å². The van der Waals surface area contributed by atoms with Crippen LogP contribution in [-0.2, 0) is 9.53 Å². The minimum Gasteiger partial charge on any atom is -0.494 e. The number of benzene rings is 1. The van der Waals surface area contributed by atoms with Crippen LogP contribution < -0.4 is 10.1 Å². The number of pyridine rings is 1.